The SMILES string of the molecule is CC/C=C\C/C=C\CCCCCCCCCC(=O)OCC(COC(=O)CCCCCCCCCCCCCC)OC(=O)CCCCCCC/C=C\C/C=C\CC. The summed E-state index contributed by atoms with van der Waals surface area (Å²) in [7, 11) is 0. The number of hydrogen-bond donors (Lipinski definition) is 0. The largest absolute Gasteiger partial charge is 0.462 e. The molecule has 0 aromatic rings. The molecule has 0 spiro atoms. The van der Waals surface area contributed by atoms with Gasteiger partial charge in [-0.3, -0.25) is 14.4 Å². The normalized spacial score (nSPS) is 12.4. The van der Waals surface area contributed by atoms with E-state index in [2.05, 4.69) is 69.4 Å². The molecule has 0 aromatic carbocycles. The molecule has 6 heteroatoms. The summed E-state index contributed by atoms with van der Waals surface area (Å²) in [6, 6.07) is 0. The van der Waals surface area contributed by atoms with E-state index in [0.29, 0.717) is 19.3 Å². The van der Waals surface area contributed by atoms with Crippen LogP contribution in [0, 0.1) is 0 Å². The van der Waals surface area contributed by atoms with E-state index in [-0.39, 0.29) is 31.1 Å². The second-order valence-electron chi connectivity index (χ2n) is 15.6. The zero-order valence-electron chi connectivity index (χ0n) is 36.9. The Kier molecular flexibility index (Phi) is 43.0. The molecule has 1 unspecified atom stereocenters. The molecule has 0 amide bonds. The van der Waals surface area contributed by atoms with Gasteiger partial charge in [-0.05, 0) is 70.6 Å². The average molecular weight is 785 g/mol. The first-order valence-corrected chi connectivity index (χ1v) is 23.6. The second kappa shape index (κ2) is 45.1. The molecule has 0 N–H and O–H groups in total. The lowest BCUT2D eigenvalue weighted by Gasteiger charge is -2.18. The van der Waals surface area contributed by atoms with Gasteiger partial charge >= 0.3 is 17.9 Å². The van der Waals surface area contributed by atoms with Gasteiger partial charge in [0.25, 0.3) is 0 Å². The summed E-state index contributed by atoms with van der Waals surface area (Å²) >= 11 is 0. The van der Waals surface area contributed by atoms with Crippen molar-refractivity contribution in [1.82, 2.24) is 0 Å². The summed E-state index contributed by atoms with van der Waals surface area (Å²) in [4.78, 5) is 37.8. The van der Waals surface area contributed by atoms with Gasteiger partial charge in [-0.25, -0.2) is 0 Å². The zero-order chi connectivity index (χ0) is 40.8. The van der Waals surface area contributed by atoms with E-state index in [9.17, 15) is 14.4 Å². The zero-order valence-corrected chi connectivity index (χ0v) is 36.9. The lowest BCUT2D eigenvalue weighted by atomic mass is 10.0. The van der Waals surface area contributed by atoms with Crippen molar-refractivity contribution in [1.29, 1.82) is 0 Å². The van der Waals surface area contributed by atoms with Gasteiger partial charge in [0.1, 0.15) is 13.2 Å². The van der Waals surface area contributed by atoms with Crippen LogP contribution in [0.4, 0.5) is 0 Å². The molecule has 56 heavy (non-hydrogen) atoms. The Bertz CT molecular complexity index is 996. The third kappa shape index (κ3) is 42.5. The minimum atomic E-state index is -0.779. The molecule has 0 bridgehead atoms. The molecule has 0 fully saturated rings. The summed E-state index contributed by atoms with van der Waals surface area (Å²) in [6.45, 7) is 6.40. The van der Waals surface area contributed by atoms with Crippen LogP contribution < -0.4 is 0 Å². The molecule has 0 aromatic heterocycles. The van der Waals surface area contributed by atoms with Crippen LogP contribution in [-0.2, 0) is 28.6 Å². The maximum atomic E-state index is 12.7. The fraction of sp³-hybridized carbons (Fsp3) is 0.780. The standard InChI is InChI=1S/C50H88O6/c1-4-7-10-13-16-19-22-25-26-29-31-34-37-40-43-49(52)55-46-47(56-50(53)44-41-38-35-32-28-24-21-18-15-12-9-6-3)45-54-48(51)42-39-36-33-30-27-23-20-17-14-11-8-5-2/h7,9-10,12,16,18-19,21,47H,4-6,8,11,13-15,17,20,22-46H2,1-3H3/b10-7-,12-9-,19-16-,21-18-. The highest BCUT2D eigenvalue weighted by molar-refractivity contribution is 5.71. The molecule has 6 nitrogen and oxygen atoms in total. The molecule has 0 heterocycles. The average Bonchev–Trinajstić information content (AvgIpc) is 3.19. The Balaban J connectivity index is 4.38. The molecule has 1 atom stereocenters. The molecule has 0 aliphatic heterocycles. The Morgan fingerprint density at radius 3 is 1.07 bits per heavy atom. The van der Waals surface area contributed by atoms with E-state index >= 15 is 0 Å². The molecular weight excluding hydrogens is 697 g/mol. The van der Waals surface area contributed by atoms with Gasteiger partial charge in [-0.2, -0.15) is 0 Å². The number of rotatable bonds is 42. The number of ether oxygens (including phenoxy) is 3. The fourth-order valence-electron chi connectivity index (χ4n) is 6.58. The van der Waals surface area contributed by atoms with Crippen LogP contribution in [-0.4, -0.2) is 37.2 Å². The number of unbranched alkanes of at least 4 members (excludes halogenated alkanes) is 23. The number of carbonyl (C=O) groups is 3. The predicted octanol–water partition coefficient (Wildman–Crippen LogP) is 15.1. The first kappa shape index (κ1) is 53.4. The third-order valence-electron chi connectivity index (χ3n) is 10.1. The van der Waals surface area contributed by atoms with Crippen molar-refractivity contribution < 1.29 is 28.6 Å². The monoisotopic (exact) mass is 785 g/mol. The first-order chi connectivity index (χ1) is 27.5. The number of esters is 3. The van der Waals surface area contributed by atoms with Crippen molar-refractivity contribution in [2.45, 2.75) is 239 Å². The Labute approximate surface area is 346 Å². The smallest absolute Gasteiger partial charge is 0.306 e. The molecule has 0 saturated heterocycles. The lowest BCUT2D eigenvalue weighted by molar-refractivity contribution is -0.167. The molecular formula is C50H88O6. The van der Waals surface area contributed by atoms with Crippen molar-refractivity contribution >= 4 is 17.9 Å². The molecule has 0 rings (SSSR count). The number of allylic oxidation sites excluding steroid dienone is 8. The van der Waals surface area contributed by atoms with E-state index in [0.717, 1.165) is 109 Å². The van der Waals surface area contributed by atoms with Crippen LogP contribution >= 0.6 is 0 Å². The number of carbonyl (C=O) groups excluding carboxylic acids is 3. The van der Waals surface area contributed by atoms with E-state index < -0.39 is 6.10 Å². The Hall–Kier alpha value is -2.63. The van der Waals surface area contributed by atoms with Gasteiger partial charge in [0.05, 0.1) is 0 Å². The quantitative estimate of drug-likeness (QED) is 0.0265. The summed E-state index contributed by atoms with van der Waals surface area (Å²) in [5.74, 6) is -0.902. The molecule has 0 aliphatic carbocycles. The topological polar surface area (TPSA) is 78.9 Å². The van der Waals surface area contributed by atoms with E-state index in [1.54, 1.807) is 0 Å². The van der Waals surface area contributed by atoms with Crippen LogP contribution in [0.15, 0.2) is 48.6 Å². The minimum Gasteiger partial charge on any atom is -0.462 e. The highest BCUT2D eigenvalue weighted by Gasteiger charge is 2.19. The van der Waals surface area contributed by atoms with Crippen LogP contribution in [0.1, 0.15) is 233 Å². The highest BCUT2D eigenvalue weighted by atomic mass is 16.6. The van der Waals surface area contributed by atoms with Crippen LogP contribution in [0.25, 0.3) is 0 Å². The van der Waals surface area contributed by atoms with Crippen molar-refractivity contribution in [3.63, 3.8) is 0 Å². The number of hydrogen-bond acceptors (Lipinski definition) is 6. The lowest BCUT2D eigenvalue weighted by Crippen LogP contribution is -2.30. The molecule has 0 saturated carbocycles. The van der Waals surface area contributed by atoms with Crippen molar-refractivity contribution in [3.8, 4) is 0 Å². The van der Waals surface area contributed by atoms with Gasteiger partial charge < -0.3 is 14.2 Å². The fourth-order valence-corrected chi connectivity index (χ4v) is 6.58. The maximum Gasteiger partial charge on any atom is 0.306 e. The van der Waals surface area contributed by atoms with Gasteiger partial charge in [0, 0.05) is 19.3 Å². The van der Waals surface area contributed by atoms with Crippen molar-refractivity contribution in [2.24, 2.45) is 0 Å². The summed E-state index contributed by atoms with van der Waals surface area (Å²) in [5, 5.41) is 0. The van der Waals surface area contributed by atoms with E-state index in [1.165, 1.54) is 83.5 Å². The minimum absolute atomic E-state index is 0.0798. The summed E-state index contributed by atoms with van der Waals surface area (Å²) < 4.78 is 16.7. The Morgan fingerprint density at radius 2 is 0.696 bits per heavy atom. The summed E-state index contributed by atoms with van der Waals surface area (Å²) in [5.41, 5.74) is 0. The van der Waals surface area contributed by atoms with Crippen LogP contribution in [0.5, 0.6) is 0 Å². The highest BCUT2D eigenvalue weighted by Crippen LogP contribution is 2.15. The van der Waals surface area contributed by atoms with Gasteiger partial charge in [-0.15, -0.1) is 0 Å². The summed E-state index contributed by atoms with van der Waals surface area (Å²) in [6.07, 6.45) is 52.3. The molecule has 0 aliphatic rings. The van der Waals surface area contributed by atoms with Gasteiger partial charge in [0.15, 0.2) is 6.10 Å². The predicted molar refractivity (Wildman–Crippen MR) is 238 cm³/mol. The third-order valence-corrected chi connectivity index (χ3v) is 10.1. The van der Waals surface area contributed by atoms with Crippen molar-refractivity contribution in [2.75, 3.05) is 13.2 Å². The Morgan fingerprint density at radius 1 is 0.375 bits per heavy atom. The van der Waals surface area contributed by atoms with E-state index in [1.807, 2.05) is 0 Å². The van der Waals surface area contributed by atoms with Gasteiger partial charge in [-0.1, -0.05) is 191 Å². The van der Waals surface area contributed by atoms with Crippen LogP contribution in [0.2, 0.25) is 0 Å². The maximum absolute atomic E-state index is 12.7. The van der Waals surface area contributed by atoms with Crippen LogP contribution in [0.3, 0.4) is 0 Å². The van der Waals surface area contributed by atoms with Gasteiger partial charge in [0.2, 0.25) is 0 Å². The van der Waals surface area contributed by atoms with Crippen molar-refractivity contribution in [3.05, 3.63) is 48.6 Å². The first-order valence-electron chi connectivity index (χ1n) is 23.6. The molecule has 324 valence electrons. The second-order valence-corrected chi connectivity index (χ2v) is 15.6. The molecule has 0 radical (unpaired) electrons. The van der Waals surface area contributed by atoms with E-state index in [4.69, 9.17) is 14.2 Å².